The highest BCUT2D eigenvalue weighted by atomic mass is 16.7. The van der Waals surface area contributed by atoms with Gasteiger partial charge in [-0.2, -0.15) is 0 Å². The Morgan fingerprint density at radius 2 is 0.596 bits per heavy atom. The monoisotopic (exact) mass is 2050 g/mol. The Morgan fingerprint density at radius 3 is 0.993 bits per heavy atom. The number of phenolic OH excluding ortho intramolecular Hbond substituents is 27. The average Bonchev–Trinajstić information content (AvgIpc) is 1.07. The highest BCUT2D eigenvalue weighted by Crippen LogP contribution is 2.61. The third-order valence-corrected chi connectivity index (χ3v) is 22.9. The van der Waals surface area contributed by atoms with Gasteiger partial charge >= 0.3 is 59.7 Å². The van der Waals surface area contributed by atoms with Crippen molar-refractivity contribution in [2.45, 2.75) is 92.1 Å². The summed E-state index contributed by atoms with van der Waals surface area (Å²) in [6.07, 6.45) is -41.5. The van der Waals surface area contributed by atoms with E-state index >= 15 is 28.8 Å². The molecule has 146 heavy (non-hydrogen) atoms. The molecule has 0 saturated carbocycles. The van der Waals surface area contributed by atoms with Crippen LogP contribution in [-0.2, 0) is 61.6 Å². The zero-order chi connectivity index (χ0) is 106. The first-order valence-electron chi connectivity index (χ1n) is 40.8. The van der Waals surface area contributed by atoms with Crippen molar-refractivity contribution >= 4 is 59.7 Å². The summed E-state index contributed by atoms with van der Waals surface area (Å²) < 4.78 is 89.8. The van der Waals surface area contributed by atoms with Gasteiger partial charge in [-0.15, -0.1) is 0 Å². The molecular weight excluding hydrogens is 1980 g/mol. The lowest BCUT2D eigenvalue weighted by atomic mass is 9.91. The van der Waals surface area contributed by atoms with Crippen LogP contribution in [0.5, 0.6) is 190 Å². The van der Waals surface area contributed by atoms with Crippen molar-refractivity contribution in [1.82, 2.24) is 0 Å². The van der Waals surface area contributed by atoms with E-state index in [-0.39, 0.29) is 42.5 Å². The van der Waals surface area contributed by atoms with Crippen molar-refractivity contribution in [2.75, 3.05) is 19.8 Å². The summed E-state index contributed by atoms with van der Waals surface area (Å²) in [6, 6.07) is 3.20. The van der Waals surface area contributed by atoms with Gasteiger partial charge in [0, 0.05) is 58.7 Å². The second-order valence-electron chi connectivity index (χ2n) is 31.8. The fourth-order valence-corrected chi connectivity index (χ4v) is 15.7. The van der Waals surface area contributed by atoms with Gasteiger partial charge < -0.3 is 239 Å². The maximum absolute atomic E-state index is 16.2. The number of aromatic hydroxyl groups is 27. The van der Waals surface area contributed by atoms with Gasteiger partial charge in [-0.25, -0.2) is 47.9 Å². The van der Waals surface area contributed by atoms with Crippen LogP contribution in [0.25, 0.3) is 22.3 Å². The van der Waals surface area contributed by atoms with E-state index in [2.05, 4.69) is 0 Å². The molecule has 58 heteroatoms. The van der Waals surface area contributed by atoms with E-state index < -0.39 is 439 Å². The van der Waals surface area contributed by atoms with Crippen LogP contribution in [0.2, 0.25) is 0 Å². The van der Waals surface area contributed by atoms with Gasteiger partial charge in [0.25, 0.3) is 0 Å². The summed E-state index contributed by atoms with van der Waals surface area (Å²) in [6.45, 7) is -4.57. The normalized spacial score (nSPS) is 22.2. The number of rotatable bonds is 11. The number of phenols is 27. The fourth-order valence-electron chi connectivity index (χ4n) is 15.7. The minimum atomic E-state index is -3.14. The third-order valence-electron chi connectivity index (χ3n) is 22.9. The number of fused-ring (bicyclic) bond motifs is 14. The van der Waals surface area contributed by atoms with Crippen molar-refractivity contribution in [1.29, 1.82) is 0 Å². The van der Waals surface area contributed by atoms with E-state index in [0.29, 0.717) is 36.4 Å². The summed E-state index contributed by atoms with van der Waals surface area (Å²) in [4.78, 5) is 151. The van der Waals surface area contributed by atoms with E-state index in [0.717, 1.165) is 0 Å². The molecule has 6 heterocycles. The molecule has 3 fully saturated rings. The number of benzene rings is 10. The Kier molecular flexibility index (Phi) is 25.4. The summed E-state index contributed by atoms with van der Waals surface area (Å²) >= 11 is 0. The zero-order valence-corrected chi connectivity index (χ0v) is 71.7. The standard InChI is InChI=1S/C88H66O58/c89-14-40-57(110)70(141-76(118)17-1-27(90)47(100)28(91)2-17)73(86(128)136-40)144-83(125)24-8-34(97)51(104)62(115)65(24)133-38-12-22-45(60(113)55(38)108)46-23-13-39(56(109)61(46)114)135-67-26(10-36(99)53(106)64(67)117)85(127)145-74-71(142-77(119)18-3-29(92)48(101)30(93)4-18)68-41(137-87(74)129)15-131-79(121)21-11-37(54(107)59(112)44(21)43-20(81(123)139-68)7-33(96)50(103)58(43)111)134-66-25(9-35(98)52(105)63(66)116)84(126)146-75-72(143-78(120)19-5-31(94)49(102)32(95)6-19)69(140-82(23)124)42(138-88(75)130)16-132-80(22)122/h1-13,40-42,57,68-75,86-117,128-130H,14-16H2/t40-,41-,42-,57-,68-,69-,70+,71+,72+,73-,74-,75-,86?,87?,88?/m1/s1. The van der Waals surface area contributed by atoms with Crippen LogP contribution in [0, 0.1) is 0 Å². The fraction of sp³-hybridized carbons (Fsp3) is 0.205. The summed E-state index contributed by atoms with van der Waals surface area (Å²) in [7, 11) is 0. The topological polar surface area (TPSA) is 966 Å². The van der Waals surface area contributed by atoms with Gasteiger partial charge in [0.05, 0.1) is 45.6 Å². The van der Waals surface area contributed by atoms with Crippen molar-refractivity contribution in [2.24, 2.45) is 0 Å². The molecule has 15 atom stereocenters. The number of ether oxygens (including phenoxy) is 16. The van der Waals surface area contributed by atoms with Gasteiger partial charge in [-0.3, -0.25) is 0 Å². The van der Waals surface area contributed by atoms with Crippen LogP contribution in [0.15, 0.2) is 78.9 Å². The van der Waals surface area contributed by atoms with Gasteiger partial charge in [-0.05, 0) is 42.5 Å². The maximum atomic E-state index is 16.2. The van der Waals surface area contributed by atoms with Crippen LogP contribution in [-0.4, -0.2) is 335 Å². The molecule has 0 radical (unpaired) electrons. The number of cyclic esters (lactones) is 1. The molecule has 6 aliphatic rings. The number of hydrogen-bond donors (Lipinski definition) is 32. The predicted molar refractivity (Wildman–Crippen MR) is 448 cm³/mol. The predicted octanol–water partition coefficient (Wildman–Crippen LogP) is 1.31. The second kappa shape index (κ2) is 37.3. The molecule has 0 amide bonds. The van der Waals surface area contributed by atoms with Crippen LogP contribution >= 0.6 is 0 Å². The number of carbonyl (C=O) groups excluding carboxylic acids is 10. The largest absolute Gasteiger partial charge is 0.504 e. The van der Waals surface area contributed by atoms with Gasteiger partial charge in [0.1, 0.15) is 54.3 Å². The third kappa shape index (κ3) is 17.2. The molecule has 0 aromatic heterocycles. The average molecular weight is 2050 g/mol. The van der Waals surface area contributed by atoms with E-state index in [1.54, 1.807) is 0 Å². The Bertz CT molecular complexity index is 7190. The molecule has 3 unspecified atom stereocenters. The molecule has 10 aromatic rings. The quantitative estimate of drug-likeness (QED) is 0.0493. The Balaban J connectivity index is 0.902. The Labute approximate surface area is 802 Å². The van der Waals surface area contributed by atoms with Crippen molar-refractivity contribution in [3.8, 4) is 212 Å². The minimum absolute atomic E-state index is 0.0251. The summed E-state index contributed by atoms with van der Waals surface area (Å²) in [5, 5.41) is 361. The van der Waals surface area contributed by atoms with Crippen molar-refractivity contribution in [3.05, 3.63) is 134 Å². The van der Waals surface area contributed by atoms with Gasteiger partial charge in [0.2, 0.25) is 57.5 Å². The summed E-state index contributed by atoms with van der Waals surface area (Å²) in [5.74, 6) is -75.2. The van der Waals surface area contributed by atoms with Crippen molar-refractivity contribution < 1.29 is 287 Å². The molecule has 16 rings (SSSR count). The molecule has 8 bridgehead atoms. The van der Waals surface area contributed by atoms with Crippen LogP contribution in [0.4, 0.5) is 0 Å². The van der Waals surface area contributed by atoms with E-state index in [9.17, 15) is 183 Å². The number of hydrogen-bond acceptors (Lipinski definition) is 58. The summed E-state index contributed by atoms with van der Waals surface area (Å²) in [5.41, 5.74) is -20.2. The molecule has 58 nitrogen and oxygen atoms in total. The first-order valence-corrected chi connectivity index (χ1v) is 40.8. The number of carbonyl (C=O) groups is 10. The molecule has 10 aromatic carbocycles. The first-order chi connectivity index (χ1) is 68.8. The molecule has 766 valence electrons. The molecule has 32 N–H and O–H groups in total. The first kappa shape index (κ1) is 99.6. The van der Waals surface area contributed by atoms with Crippen LogP contribution < -0.4 is 14.2 Å². The lowest BCUT2D eigenvalue weighted by Gasteiger charge is -2.42. The zero-order valence-electron chi connectivity index (χ0n) is 71.7. The lowest BCUT2D eigenvalue weighted by molar-refractivity contribution is -0.285. The molecule has 0 spiro atoms. The van der Waals surface area contributed by atoms with E-state index in [4.69, 9.17) is 75.8 Å². The minimum Gasteiger partial charge on any atom is -0.504 e. The van der Waals surface area contributed by atoms with E-state index in [1.165, 1.54) is 0 Å². The molecule has 6 aliphatic heterocycles. The number of aliphatic hydroxyl groups is 5. The Morgan fingerprint density at radius 1 is 0.288 bits per heavy atom. The SMILES string of the molecule is O=C(O[C@H]1[C@H](O)[C@@H](CO)OC(O)[C@@H]1OC(=O)c1cc(O)c(O)c(O)c1Oc1cc2c(c(O)c1O)-c1c3cc(c(O)c1O)Oc1c(cc(O)c(O)c1O)C(=O)O[C@H]1C(O)O[C@@H]4COC(=O)c5cc(c(O)c(O)c5-c5c(cc(O)c(O)c5O)C(=O)O[C@H]4[C@@H]1OC(=O)c1cc(O)c(O)c(O)c1)Oc1c(cc(O)c(O)c1O)C(=O)O[C@H]1C(O)O[C@H](COC2=O)[C@@H](OC3=O)[C@@H]1OC(=O)c1cc(O)c(O)c(O)c1)c1cc(O)c(O)c(O)c1. The highest BCUT2D eigenvalue weighted by molar-refractivity contribution is 6.11. The maximum Gasteiger partial charge on any atom is 0.342 e. The lowest BCUT2D eigenvalue weighted by Crippen LogP contribution is -2.62. The Hall–Kier alpha value is -19.4. The second-order valence-corrected chi connectivity index (χ2v) is 31.8. The van der Waals surface area contributed by atoms with Crippen LogP contribution in [0.3, 0.4) is 0 Å². The van der Waals surface area contributed by atoms with Gasteiger partial charge in [0.15, 0.2) is 200 Å². The van der Waals surface area contributed by atoms with E-state index in [1.807, 2.05) is 0 Å². The number of esters is 10. The van der Waals surface area contributed by atoms with Crippen molar-refractivity contribution in [3.63, 3.8) is 0 Å². The molecule has 3 saturated heterocycles. The van der Waals surface area contributed by atoms with Crippen LogP contribution in [0.1, 0.15) is 104 Å². The van der Waals surface area contributed by atoms with Gasteiger partial charge in [-0.1, -0.05) is 0 Å². The number of aliphatic hydroxyl groups excluding tert-OH is 5. The molecular formula is C88H66O58. The highest BCUT2D eigenvalue weighted by Gasteiger charge is 2.58. The smallest absolute Gasteiger partial charge is 0.342 e. The molecule has 0 aliphatic carbocycles.